The summed E-state index contributed by atoms with van der Waals surface area (Å²) in [5.74, 6) is -0.0475. The molecule has 2 atom stereocenters. The lowest BCUT2D eigenvalue weighted by Gasteiger charge is -2.29. The molecule has 4 heterocycles. The van der Waals surface area contributed by atoms with Gasteiger partial charge in [0.1, 0.15) is 0 Å². The fourth-order valence-corrected chi connectivity index (χ4v) is 5.07. The van der Waals surface area contributed by atoms with Gasteiger partial charge >= 0.3 is 0 Å². The molecule has 0 unspecified atom stereocenters. The van der Waals surface area contributed by atoms with E-state index in [2.05, 4.69) is 39.6 Å². The van der Waals surface area contributed by atoms with Crippen LogP contribution in [0.1, 0.15) is 45.4 Å². The molecule has 7 heteroatoms. The van der Waals surface area contributed by atoms with Crippen molar-refractivity contribution < 1.29 is 9.90 Å². The Balaban J connectivity index is 1.39. The number of rotatable bonds is 5. The van der Waals surface area contributed by atoms with Gasteiger partial charge in [0.2, 0.25) is 0 Å². The second-order valence-corrected chi connectivity index (χ2v) is 8.63. The third-order valence-corrected chi connectivity index (χ3v) is 6.73. The summed E-state index contributed by atoms with van der Waals surface area (Å²) >= 11 is 1.67. The lowest BCUT2D eigenvalue weighted by atomic mass is 10.0. The Morgan fingerprint density at radius 3 is 3.11 bits per heavy atom. The van der Waals surface area contributed by atoms with E-state index >= 15 is 0 Å². The van der Waals surface area contributed by atoms with Crippen LogP contribution in [0.25, 0.3) is 0 Å². The predicted molar refractivity (Wildman–Crippen MR) is 110 cm³/mol. The summed E-state index contributed by atoms with van der Waals surface area (Å²) in [4.78, 5) is 21.0. The number of hydrogen-bond acceptors (Lipinski definition) is 6. The van der Waals surface area contributed by atoms with Gasteiger partial charge in [0.25, 0.3) is 5.91 Å². The highest BCUT2D eigenvalue weighted by Gasteiger charge is 2.28. The molecule has 1 fully saturated rings. The number of nitrogens with one attached hydrogen (secondary N) is 2. The third kappa shape index (κ3) is 4.27. The van der Waals surface area contributed by atoms with Gasteiger partial charge in [-0.15, -0.1) is 11.3 Å². The Morgan fingerprint density at radius 1 is 1.46 bits per heavy atom. The second kappa shape index (κ2) is 8.69. The topological polar surface area (TPSA) is 77.5 Å². The van der Waals surface area contributed by atoms with Crippen LogP contribution in [0.4, 0.5) is 0 Å². The van der Waals surface area contributed by atoms with Gasteiger partial charge in [0, 0.05) is 42.6 Å². The first kappa shape index (κ1) is 19.5. The predicted octanol–water partition coefficient (Wildman–Crippen LogP) is 1.72. The van der Waals surface area contributed by atoms with Crippen molar-refractivity contribution in [3.05, 3.63) is 51.0 Å². The first-order chi connectivity index (χ1) is 13.6. The molecule has 2 aromatic heterocycles. The van der Waals surface area contributed by atoms with Gasteiger partial charge < -0.3 is 15.7 Å². The van der Waals surface area contributed by atoms with Crippen LogP contribution < -0.4 is 10.6 Å². The molecule has 2 aliphatic heterocycles. The Morgan fingerprint density at radius 2 is 2.36 bits per heavy atom. The highest BCUT2D eigenvalue weighted by Crippen LogP contribution is 2.29. The molecule has 0 radical (unpaired) electrons. The average Bonchev–Trinajstić information content (AvgIpc) is 3.14. The first-order valence-electron chi connectivity index (χ1n) is 10.1. The molecule has 0 saturated carbocycles. The molecule has 150 valence electrons. The number of nitrogens with zero attached hydrogens (tertiary/aromatic N) is 2. The van der Waals surface area contributed by atoms with Gasteiger partial charge in [-0.25, -0.2) is 0 Å². The minimum atomic E-state index is -0.519. The number of piperidine rings is 1. The van der Waals surface area contributed by atoms with Crippen LogP contribution in [0, 0.1) is 0 Å². The third-order valence-electron chi connectivity index (χ3n) is 5.72. The fourth-order valence-electron chi connectivity index (χ4n) is 3.95. The summed E-state index contributed by atoms with van der Waals surface area (Å²) in [5.41, 5.74) is 4.32. The Bertz CT molecular complexity index is 820. The van der Waals surface area contributed by atoms with Crippen LogP contribution in [0.3, 0.4) is 0 Å². The molecule has 0 aromatic carbocycles. The largest absolute Gasteiger partial charge is 0.390 e. The normalized spacial score (nSPS) is 22.6. The van der Waals surface area contributed by atoms with Crippen molar-refractivity contribution in [2.45, 2.75) is 51.4 Å². The molecular weight excluding hydrogens is 372 g/mol. The maximum Gasteiger partial charge on any atom is 0.252 e. The highest BCUT2D eigenvalue weighted by molar-refractivity contribution is 7.10. The van der Waals surface area contributed by atoms with Crippen LogP contribution in [0.5, 0.6) is 0 Å². The molecule has 2 aliphatic rings. The molecule has 28 heavy (non-hydrogen) atoms. The Kier molecular flexibility index (Phi) is 6.06. The molecule has 0 bridgehead atoms. The number of thiophene rings is 1. The zero-order valence-electron chi connectivity index (χ0n) is 16.3. The van der Waals surface area contributed by atoms with Gasteiger partial charge in [-0.05, 0) is 43.0 Å². The van der Waals surface area contributed by atoms with Crippen LogP contribution in [0.2, 0.25) is 0 Å². The van der Waals surface area contributed by atoms with Crippen molar-refractivity contribution in [1.29, 1.82) is 0 Å². The molecule has 1 saturated heterocycles. The maximum atomic E-state index is 12.8. The summed E-state index contributed by atoms with van der Waals surface area (Å²) in [5, 5.41) is 18.2. The van der Waals surface area contributed by atoms with Gasteiger partial charge in [-0.2, -0.15) is 0 Å². The molecule has 0 spiro atoms. The number of β-amino-alcohol motifs (C(OH)–C–C–N with tert-alkyl or cyclic N) is 1. The van der Waals surface area contributed by atoms with E-state index in [0.29, 0.717) is 6.54 Å². The highest BCUT2D eigenvalue weighted by atomic mass is 32.1. The number of carbonyl (C=O) groups excluding carboxylic acids is 1. The summed E-state index contributed by atoms with van der Waals surface area (Å²) in [7, 11) is 0. The molecule has 3 N–H and O–H groups in total. The van der Waals surface area contributed by atoms with Gasteiger partial charge in [0.05, 0.1) is 23.4 Å². The van der Waals surface area contributed by atoms with E-state index in [4.69, 9.17) is 0 Å². The van der Waals surface area contributed by atoms with Crippen molar-refractivity contribution in [3.8, 4) is 0 Å². The smallest absolute Gasteiger partial charge is 0.252 e. The molecule has 0 aliphatic carbocycles. The number of aliphatic hydroxyl groups is 1. The lowest BCUT2D eigenvalue weighted by Crippen LogP contribution is -2.52. The van der Waals surface area contributed by atoms with E-state index in [1.165, 1.54) is 16.0 Å². The van der Waals surface area contributed by atoms with Crippen molar-refractivity contribution >= 4 is 17.2 Å². The van der Waals surface area contributed by atoms with Crippen LogP contribution in [0.15, 0.2) is 23.7 Å². The monoisotopic (exact) mass is 400 g/mol. The molecule has 6 nitrogen and oxygen atoms in total. The first-order valence-corrected chi connectivity index (χ1v) is 11.0. The maximum absolute atomic E-state index is 12.8. The minimum absolute atomic E-state index is 0.0475. The summed E-state index contributed by atoms with van der Waals surface area (Å²) in [6.45, 7) is 6.13. The molecule has 4 rings (SSSR count). The standard InChI is InChI=1S/C21H28N4O2S/c1-2-14-3-4-15(23-9-14)11-25-8-6-16-17(13-28-20(16)12-25)21(27)24-18-5-7-22-10-19(18)26/h3-4,9,13,18-19,22,26H,2,5-8,10-12H2,1H3,(H,24,27)/t18-,19-/m1/s1. The number of aryl methyl sites for hydroxylation is 1. The average molecular weight is 401 g/mol. The number of aromatic nitrogens is 1. The number of pyridine rings is 1. The Hall–Kier alpha value is -1.80. The van der Waals surface area contributed by atoms with Crippen molar-refractivity contribution in [2.24, 2.45) is 0 Å². The molecule has 1 amide bonds. The zero-order valence-corrected chi connectivity index (χ0v) is 17.1. The number of fused-ring (bicyclic) bond motifs is 1. The van der Waals surface area contributed by atoms with E-state index in [1.54, 1.807) is 11.3 Å². The minimum Gasteiger partial charge on any atom is -0.390 e. The van der Waals surface area contributed by atoms with E-state index < -0.39 is 6.10 Å². The van der Waals surface area contributed by atoms with Gasteiger partial charge in [0.15, 0.2) is 0 Å². The number of amides is 1. The summed E-state index contributed by atoms with van der Waals surface area (Å²) < 4.78 is 0. The fraction of sp³-hybridized carbons (Fsp3) is 0.524. The second-order valence-electron chi connectivity index (χ2n) is 7.66. The van der Waals surface area contributed by atoms with Crippen molar-refractivity contribution in [3.63, 3.8) is 0 Å². The van der Waals surface area contributed by atoms with E-state index in [1.807, 2.05) is 11.6 Å². The molecule has 2 aromatic rings. The lowest BCUT2D eigenvalue weighted by molar-refractivity contribution is 0.0764. The van der Waals surface area contributed by atoms with E-state index in [-0.39, 0.29) is 11.9 Å². The van der Waals surface area contributed by atoms with E-state index in [0.717, 1.165) is 56.7 Å². The number of aliphatic hydroxyl groups excluding tert-OH is 1. The Labute approximate surface area is 170 Å². The van der Waals surface area contributed by atoms with Crippen LogP contribution in [-0.4, -0.2) is 52.7 Å². The van der Waals surface area contributed by atoms with Crippen LogP contribution in [-0.2, 0) is 25.9 Å². The quantitative estimate of drug-likeness (QED) is 0.712. The van der Waals surface area contributed by atoms with Crippen molar-refractivity contribution in [2.75, 3.05) is 19.6 Å². The van der Waals surface area contributed by atoms with Gasteiger partial charge in [-0.1, -0.05) is 13.0 Å². The van der Waals surface area contributed by atoms with Gasteiger partial charge in [-0.3, -0.25) is 14.7 Å². The SMILES string of the molecule is CCc1ccc(CN2CCc3c(C(=O)N[C@@H]4CCNC[C@H]4O)csc3C2)nc1. The number of carbonyl (C=O) groups is 1. The van der Waals surface area contributed by atoms with E-state index in [9.17, 15) is 9.90 Å². The zero-order chi connectivity index (χ0) is 19.5. The summed E-state index contributed by atoms with van der Waals surface area (Å²) in [6, 6.07) is 4.11. The van der Waals surface area contributed by atoms with Crippen molar-refractivity contribution in [1.82, 2.24) is 20.5 Å². The van der Waals surface area contributed by atoms with Crippen LogP contribution >= 0.6 is 11.3 Å². The summed E-state index contributed by atoms with van der Waals surface area (Å²) in [6.07, 6.45) is 4.09. The molecular formula is C21H28N4O2S. The number of hydrogen-bond donors (Lipinski definition) is 3.